The van der Waals surface area contributed by atoms with E-state index in [0.29, 0.717) is 12.1 Å². The topological polar surface area (TPSA) is 29.3 Å². The number of rotatable bonds is 5. The van der Waals surface area contributed by atoms with Gasteiger partial charge in [0, 0.05) is 19.1 Å². The van der Waals surface area contributed by atoms with Gasteiger partial charge in [-0.05, 0) is 30.3 Å². The zero-order chi connectivity index (χ0) is 14.5. The summed E-state index contributed by atoms with van der Waals surface area (Å²) < 4.78 is 26.1. The Morgan fingerprint density at radius 1 is 1.05 bits per heavy atom. The molecule has 106 valence electrons. The number of nitrogens with two attached hydrogens (primary N) is 1. The van der Waals surface area contributed by atoms with Crippen molar-refractivity contribution in [3.8, 4) is 0 Å². The number of benzene rings is 2. The van der Waals surface area contributed by atoms with E-state index in [1.807, 2.05) is 37.4 Å². The van der Waals surface area contributed by atoms with Crippen LogP contribution in [0.5, 0.6) is 0 Å². The summed E-state index contributed by atoms with van der Waals surface area (Å²) in [5.74, 6) is -1.71. The molecule has 2 rings (SSSR count). The molecule has 0 aliphatic heterocycles. The molecule has 4 heteroatoms. The van der Waals surface area contributed by atoms with Gasteiger partial charge in [-0.15, -0.1) is 0 Å². The first kappa shape index (κ1) is 14.6. The van der Waals surface area contributed by atoms with Crippen LogP contribution in [-0.2, 0) is 6.54 Å². The van der Waals surface area contributed by atoms with E-state index in [1.54, 1.807) is 0 Å². The molecule has 2 aromatic rings. The van der Waals surface area contributed by atoms with Crippen LogP contribution in [0.3, 0.4) is 0 Å². The molecule has 0 spiro atoms. The van der Waals surface area contributed by atoms with Crippen LogP contribution >= 0.6 is 0 Å². The minimum Gasteiger partial charge on any atom is -0.323 e. The lowest BCUT2D eigenvalue weighted by Crippen LogP contribution is -2.28. The summed E-state index contributed by atoms with van der Waals surface area (Å²) in [5, 5.41) is 0. The SMILES string of the molecule is CN(Cc1ccccc1)CC(N)c1ccc(F)c(F)c1. The fraction of sp³-hybridized carbons (Fsp3) is 0.250. The van der Waals surface area contributed by atoms with Gasteiger partial charge in [0.25, 0.3) is 0 Å². The average molecular weight is 276 g/mol. The molecule has 0 aliphatic rings. The number of nitrogens with zero attached hydrogens (tertiary/aromatic N) is 1. The van der Waals surface area contributed by atoms with Crippen LogP contribution < -0.4 is 5.73 Å². The summed E-state index contributed by atoms with van der Waals surface area (Å²) in [5.41, 5.74) is 7.83. The van der Waals surface area contributed by atoms with E-state index in [-0.39, 0.29) is 6.04 Å². The largest absolute Gasteiger partial charge is 0.323 e. The maximum atomic E-state index is 13.2. The highest BCUT2D eigenvalue weighted by Crippen LogP contribution is 2.16. The standard InChI is InChI=1S/C16H18F2N2/c1-20(10-12-5-3-2-4-6-12)11-16(19)13-7-8-14(17)15(18)9-13/h2-9,16H,10-11,19H2,1H3. The van der Waals surface area contributed by atoms with Gasteiger partial charge in [0.2, 0.25) is 0 Å². The Morgan fingerprint density at radius 3 is 2.40 bits per heavy atom. The Morgan fingerprint density at radius 2 is 1.75 bits per heavy atom. The van der Waals surface area contributed by atoms with Crippen molar-refractivity contribution in [1.29, 1.82) is 0 Å². The van der Waals surface area contributed by atoms with E-state index < -0.39 is 11.6 Å². The van der Waals surface area contributed by atoms with Gasteiger partial charge in [-0.3, -0.25) is 0 Å². The van der Waals surface area contributed by atoms with Crippen molar-refractivity contribution in [2.75, 3.05) is 13.6 Å². The molecule has 0 saturated carbocycles. The van der Waals surface area contributed by atoms with Crippen LogP contribution in [0.4, 0.5) is 8.78 Å². The van der Waals surface area contributed by atoms with Crippen molar-refractivity contribution in [3.05, 3.63) is 71.3 Å². The summed E-state index contributed by atoms with van der Waals surface area (Å²) in [6, 6.07) is 13.5. The van der Waals surface area contributed by atoms with Gasteiger partial charge in [0.15, 0.2) is 11.6 Å². The molecule has 0 radical (unpaired) electrons. The number of hydrogen-bond acceptors (Lipinski definition) is 2. The molecule has 2 aromatic carbocycles. The summed E-state index contributed by atoms with van der Waals surface area (Å²) in [4.78, 5) is 2.06. The van der Waals surface area contributed by atoms with Gasteiger partial charge in [-0.2, -0.15) is 0 Å². The molecule has 1 unspecified atom stereocenters. The van der Waals surface area contributed by atoms with Crippen LogP contribution in [0, 0.1) is 11.6 Å². The summed E-state index contributed by atoms with van der Waals surface area (Å²) >= 11 is 0. The molecule has 0 saturated heterocycles. The molecule has 0 amide bonds. The van der Waals surface area contributed by atoms with Crippen LogP contribution in [0.2, 0.25) is 0 Å². The van der Waals surface area contributed by atoms with Crippen molar-refractivity contribution in [3.63, 3.8) is 0 Å². The lowest BCUT2D eigenvalue weighted by atomic mass is 10.1. The molecule has 20 heavy (non-hydrogen) atoms. The molecule has 0 aliphatic carbocycles. The number of hydrogen-bond donors (Lipinski definition) is 1. The van der Waals surface area contributed by atoms with Crippen molar-refractivity contribution in [1.82, 2.24) is 4.90 Å². The second-order valence-corrected chi connectivity index (χ2v) is 4.96. The van der Waals surface area contributed by atoms with Crippen molar-refractivity contribution in [2.45, 2.75) is 12.6 Å². The van der Waals surface area contributed by atoms with Crippen LogP contribution in [0.25, 0.3) is 0 Å². The second kappa shape index (κ2) is 6.59. The molecular weight excluding hydrogens is 258 g/mol. The average Bonchev–Trinajstić information content (AvgIpc) is 2.42. The summed E-state index contributed by atoms with van der Waals surface area (Å²) in [6.45, 7) is 1.33. The second-order valence-electron chi connectivity index (χ2n) is 4.96. The third-order valence-corrected chi connectivity index (χ3v) is 3.18. The fourth-order valence-electron chi connectivity index (χ4n) is 2.14. The van der Waals surface area contributed by atoms with Gasteiger partial charge in [-0.25, -0.2) is 8.78 Å². The highest BCUT2D eigenvalue weighted by atomic mass is 19.2. The normalized spacial score (nSPS) is 12.7. The van der Waals surface area contributed by atoms with Crippen molar-refractivity contribution < 1.29 is 8.78 Å². The summed E-state index contributed by atoms with van der Waals surface area (Å²) in [6.07, 6.45) is 0. The van der Waals surface area contributed by atoms with Crippen LogP contribution in [0.15, 0.2) is 48.5 Å². The molecule has 0 aromatic heterocycles. The molecular formula is C16H18F2N2. The zero-order valence-corrected chi connectivity index (χ0v) is 11.4. The van der Waals surface area contributed by atoms with E-state index in [4.69, 9.17) is 5.73 Å². The number of halogens is 2. The highest BCUT2D eigenvalue weighted by Gasteiger charge is 2.12. The number of likely N-dealkylation sites (N-methyl/N-ethyl adjacent to an activating group) is 1. The monoisotopic (exact) mass is 276 g/mol. The molecule has 0 fully saturated rings. The van der Waals surface area contributed by atoms with Crippen LogP contribution in [0.1, 0.15) is 17.2 Å². The maximum absolute atomic E-state index is 13.2. The van der Waals surface area contributed by atoms with Gasteiger partial charge < -0.3 is 10.6 Å². The predicted octanol–water partition coefficient (Wildman–Crippen LogP) is 3.10. The Labute approximate surface area is 117 Å². The molecule has 2 N–H and O–H groups in total. The zero-order valence-electron chi connectivity index (χ0n) is 11.4. The maximum Gasteiger partial charge on any atom is 0.159 e. The molecule has 1 atom stereocenters. The van der Waals surface area contributed by atoms with E-state index in [9.17, 15) is 8.78 Å². The van der Waals surface area contributed by atoms with Gasteiger partial charge in [0.1, 0.15) is 0 Å². The van der Waals surface area contributed by atoms with Gasteiger partial charge >= 0.3 is 0 Å². The molecule has 2 nitrogen and oxygen atoms in total. The van der Waals surface area contributed by atoms with Gasteiger partial charge in [-0.1, -0.05) is 36.4 Å². The van der Waals surface area contributed by atoms with Crippen LogP contribution in [-0.4, -0.2) is 18.5 Å². The van der Waals surface area contributed by atoms with E-state index in [1.165, 1.54) is 11.6 Å². The van der Waals surface area contributed by atoms with E-state index >= 15 is 0 Å². The van der Waals surface area contributed by atoms with Crippen molar-refractivity contribution in [2.24, 2.45) is 5.73 Å². The molecule has 0 heterocycles. The predicted molar refractivity (Wildman–Crippen MR) is 76.1 cm³/mol. The Balaban J connectivity index is 1.96. The summed E-state index contributed by atoms with van der Waals surface area (Å²) in [7, 11) is 1.95. The molecule has 0 bridgehead atoms. The highest BCUT2D eigenvalue weighted by molar-refractivity contribution is 5.21. The Hall–Kier alpha value is -1.78. The Kier molecular flexibility index (Phi) is 4.82. The fourth-order valence-corrected chi connectivity index (χ4v) is 2.14. The van der Waals surface area contributed by atoms with Gasteiger partial charge in [0.05, 0.1) is 0 Å². The first-order valence-corrected chi connectivity index (χ1v) is 6.49. The minimum absolute atomic E-state index is 0.348. The lowest BCUT2D eigenvalue weighted by Gasteiger charge is -2.21. The Bertz CT molecular complexity index is 558. The first-order valence-electron chi connectivity index (χ1n) is 6.49. The van der Waals surface area contributed by atoms with Crippen molar-refractivity contribution >= 4 is 0 Å². The smallest absolute Gasteiger partial charge is 0.159 e. The van der Waals surface area contributed by atoms with E-state index in [2.05, 4.69) is 4.90 Å². The minimum atomic E-state index is -0.858. The quantitative estimate of drug-likeness (QED) is 0.909. The first-order chi connectivity index (χ1) is 9.56. The third kappa shape index (κ3) is 3.85. The van der Waals surface area contributed by atoms with E-state index in [0.717, 1.165) is 18.7 Å². The lowest BCUT2D eigenvalue weighted by molar-refractivity contribution is 0.305. The third-order valence-electron chi connectivity index (χ3n) is 3.18.